The van der Waals surface area contributed by atoms with Gasteiger partial charge in [0.2, 0.25) is 10.0 Å². The molecule has 1 amide bonds. The smallest absolute Gasteiger partial charge is 0.335 e. The molecule has 27 heavy (non-hydrogen) atoms. The SMILES string of the molecule is O=C(O)c1cccc(CCNC(=O)c2cccc(N3CCCS3(=O)=O)c2)c1. The molecule has 3 rings (SSSR count). The summed E-state index contributed by atoms with van der Waals surface area (Å²) in [5.74, 6) is -1.17. The monoisotopic (exact) mass is 388 g/mol. The van der Waals surface area contributed by atoms with Crippen molar-refractivity contribution in [1.82, 2.24) is 5.32 Å². The Labute approximate surface area is 157 Å². The first-order chi connectivity index (χ1) is 12.9. The summed E-state index contributed by atoms with van der Waals surface area (Å²) in [5.41, 5.74) is 1.90. The van der Waals surface area contributed by atoms with Crippen LogP contribution < -0.4 is 9.62 Å². The van der Waals surface area contributed by atoms with Crippen LogP contribution in [0.4, 0.5) is 5.69 Å². The molecule has 1 heterocycles. The Balaban J connectivity index is 1.63. The van der Waals surface area contributed by atoms with Crippen LogP contribution >= 0.6 is 0 Å². The molecule has 2 aromatic rings. The van der Waals surface area contributed by atoms with Gasteiger partial charge in [0, 0.05) is 18.7 Å². The van der Waals surface area contributed by atoms with E-state index in [-0.39, 0.29) is 17.2 Å². The van der Waals surface area contributed by atoms with Crippen LogP contribution in [0.1, 0.15) is 32.7 Å². The van der Waals surface area contributed by atoms with Crippen molar-refractivity contribution in [3.8, 4) is 0 Å². The van der Waals surface area contributed by atoms with Gasteiger partial charge < -0.3 is 10.4 Å². The molecule has 0 aliphatic carbocycles. The van der Waals surface area contributed by atoms with Gasteiger partial charge in [-0.1, -0.05) is 18.2 Å². The second-order valence-corrected chi connectivity index (χ2v) is 8.32. The van der Waals surface area contributed by atoms with Crippen LogP contribution in [0.2, 0.25) is 0 Å². The number of nitrogens with zero attached hydrogens (tertiary/aromatic N) is 1. The van der Waals surface area contributed by atoms with E-state index in [0.29, 0.717) is 37.2 Å². The van der Waals surface area contributed by atoms with Crippen LogP contribution in [-0.2, 0) is 16.4 Å². The van der Waals surface area contributed by atoms with E-state index < -0.39 is 16.0 Å². The molecule has 2 aromatic carbocycles. The lowest BCUT2D eigenvalue weighted by Gasteiger charge is -2.17. The molecule has 0 atom stereocenters. The topological polar surface area (TPSA) is 104 Å². The summed E-state index contributed by atoms with van der Waals surface area (Å²) in [6.45, 7) is 0.765. The van der Waals surface area contributed by atoms with E-state index in [4.69, 9.17) is 5.11 Å². The third-order valence-corrected chi connectivity index (χ3v) is 6.24. The highest BCUT2D eigenvalue weighted by molar-refractivity contribution is 7.93. The lowest BCUT2D eigenvalue weighted by molar-refractivity contribution is 0.0696. The number of amides is 1. The number of hydrogen-bond acceptors (Lipinski definition) is 4. The molecular formula is C19H20N2O5S. The van der Waals surface area contributed by atoms with Gasteiger partial charge in [0.1, 0.15) is 0 Å². The average molecular weight is 388 g/mol. The van der Waals surface area contributed by atoms with Gasteiger partial charge in [0.05, 0.1) is 17.0 Å². The highest BCUT2D eigenvalue weighted by Crippen LogP contribution is 2.24. The normalized spacial score (nSPS) is 15.5. The van der Waals surface area contributed by atoms with Gasteiger partial charge in [-0.3, -0.25) is 9.10 Å². The maximum Gasteiger partial charge on any atom is 0.335 e. The Morgan fingerprint density at radius 1 is 1.07 bits per heavy atom. The largest absolute Gasteiger partial charge is 0.478 e. The summed E-state index contributed by atoms with van der Waals surface area (Å²) < 4.78 is 25.4. The molecular weight excluding hydrogens is 368 g/mol. The molecule has 8 heteroatoms. The van der Waals surface area contributed by atoms with Gasteiger partial charge >= 0.3 is 5.97 Å². The fourth-order valence-corrected chi connectivity index (χ4v) is 4.57. The number of sulfonamides is 1. The number of carbonyl (C=O) groups is 2. The van der Waals surface area contributed by atoms with Gasteiger partial charge in [-0.05, 0) is 48.7 Å². The van der Waals surface area contributed by atoms with Gasteiger partial charge in [0.25, 0.3) is 5.91 Å². The third-order valence-electron chi connectivity index (χ3n) is 4.37. The van der Waals surface area contributed by atoms with Gasteiger partial charge in [0.15, 0.2) is 0 Å². The van der Waals surface area contributed by atoms with Crippen molar-refractivity contribution >= 4 is 27.6 Å². The van der Waals surface area contributed by atoms with E-state index in [1.165, 1.54) is 10.4 Å². The average Bonchev–Trinajstić information content (AvgIpc) is 3.01. The Bertz CT molecular complexity index is 972. The number of hydrogen-bond donors (Lipinski definition) is 2. The molecule has 0 spiro atoms. The molecule has 2 N–H and O–H groups in total. The Morgan fingerprint density at radius 3 is 2.52 bits per heavy atom. The first-order valence-corrected chi connectivity index (χ1v) is 10.2. The van der Waals surface area contributed by atoms with Gasteiger partial charge in [-0.25, -0.2) is 13.2 Å². The molecule has 7 nitrogen and oxygen atoms in total. The van der Waals surface area contributed by atoms with Crippen molar-refractivity contribution in [2.45, 2.75) is 12.8 Å². The first kappa shape index (κ1) is 18.9. The van der Waals surface area contributed by atoms with Gasteiger partial charge in [-0.15, -0.1) is 0 Å². The van der Waals surface area contributed by atoms with E-state index in [2.05, 4.69) is 5.32 Å². The fraction of sp³-hybridized carbons (Fsp3) is 0.263. The fourth-order valence-electron chi connectivity index (χ4n) is 3.01. The Hall–Kier alpha value is -2.87. The number of rotatable bonds is 6. The van der Waals surface area contributed by atoms with Crippen LogP contribution in [-0.4, -0.2) is 44.2 Å². The van der Waals surface area contributed by atoms with Crippen molar-refractivity contribution in [2.75, 3.05) is 23.1 Å². The van der Waals surface area contributed by atoms with Crippen molar-refractivity contribution in [1.29, 1.82) is 0 Å². The Morgan fingerprint density at radius 2 is 1.81 bits per heavy atom. The maximum absolute atomic E-state index is 12.4. The van der Waals surface area contributed by atoms with E-state index in [1.54, 1.807) is 42.5 Å². The second-order valence-electron chi connectivity index (χ2n) is 6.30. The molecule has 0 aromatic heterocycles. The highest BCUT2D eigenvalue weighted by atomic mass is 32.2. The third kappa shape index (κ3) is 4.46. The first-order valence-electron chi connectivity index (χ1n) is 8.58. The van der Waals surface area contributed by atoms with Crippen LogP contribution in [0.5, 0.6) is 0 Å². The van der Waals surface area contributed by atoms with Crippen LogP contribution in [0.25, 0.3) is 0 Å². The number of carbonyl (C=O) groups excluding carboxylic acids is 1. The van der Waals surface area contributed by atoms with Gasteiger partial charge in [-0.2, -0.15) is 0 Å². The minimum Gasteiger partial charge on any atom is -0.478 e. The quantitative estimate of drug-likeness (QED) is 0.787. The number of carboxylic acids is 1. The van der Waals surface area contributed by atoms with Crippen LogP contribution in [0.15, 0.2) is 48.5 Å². The molecule has 0 radical (unpaired) electrons. The lowest BCUT2D eigenvalue weighted by Crippen LogP contribution is -2.27. The standard InChI is InChI=1S/C19H20N2O5S/c22-18(20-9-8-14-4-1-6-16(12-14)19(23)24)15-5-2-7-17(13-15)21-10-3-11-27(21,25)26/h1-2,4-7,12-13H,3,8-11H2,(H,20,22)(H,23,24). The zero-order chi connectivity index (χ0) is 19.4. The molecule has 1 fully saturated rings. The summed E-state index contributed by atoms with van der Waals surface area (Å²) >= 11 is 0. The second kappa shape index (κ2) is 7.79. The summed E-state index contributed by atoms with van der Waals surface area (Å²) in [5, 5.41) is 11.8. The van der Waals surface area contributed by atoms with E-state index >= 15 is 0 Å². The zero-order valence-corrected chi connectivity index (χ0v) is 15.4. The van der Waals surface area contributed by atoms with E-state index in [0.717, 1.165) is 5.56 Å². The molecule has 1 aliphatic rings. The van der Waals surface area contributed by atoms with Crippen LogP contribution in [0.3, 0.4) is 0 Å². The number of aromatic carboxylic acids is 1. The summed E-state index contributed by atoms with van der Waals surface area (Å²) in [7, 11) is -3.29. The zero-order valence-electron chi connectivity index (χ0n) is 14.6. The number of anilines is 1. The van der Waals surface area contributed by atoms with Crippen LogP contribution in [0, 0.1) is 0 Å². The number of benzene rings is 2. The predicted molar refractivity (Wildman–Crippen MR) is 102 cm³/mol. The summed E-state index contributed by atoms with van der Waals surface area (Å²) in [4.78, 5) is 23.4. The van der Waals surface area contributed by atoms with Crippen molar-refractivity contribution < 1.29 is 23.1 Å². The summed E-state index contributed by atoms with van der Waals surface area (Å²) in [6, 6.07) is 13.1. The van der Waals surface area contributed by atoms with E-state index in [1.807, 2.05) is 0 Å². The lowest BCUT2D eigenvalue weighted by atomic mass is 10.1. The van der Waals surface area contributed by atoms with Crippen molar-refractivity contribution in [3.63, 3.8) is 0 Å². The Kier molecular flexibility index (Phi) is 5.46. The molecule has 1 saturated heterocycles. The summed E-state index contributed by atoms with van der Waals surface area (Å²) in [6.07, 6.45) is 1.07. The van der Waals surface area contributed by atoms with Crippen molar-refractivity contribution in [2.24, 2.45) is 0 Å². The molecule has 1 aliphatic heterocycles. The molecule has 0 saturated carbocycles. The molecule has 0 bridgehead atoms. The number of nitrogens with one attached hydrogen (secondary N) is 1. The molecule has 142 valence electrons. The minimum absolute atomic E-state index is 0.124. The highest BCUT2D eigenvalue weighted by Gasteiger charge is 2.28. The van der Waals surface area contributed by atoms with E-state index in [9.17, 15) is 18.0 Å². The predicted octanol–water partition coefficient (Wildman–Crippen LogP) is 1.90. The molecule has 0 unspecified atom stereocenters. The maximum atomic E-state index is 12.4. The van der Waals surface area contributed by atoms with Crippen molar-refractivity contribution in [3.05, 3.63) is 65.2 Å². The number of carboxylic acid groups (broad SMARTS) is 1. The minimum atomic E-state index is -3.29.